The molecule has 0 bridgehead atoms. The SMILES string of the molecule is Cc1cc(NC(=O)C2CCN(c3ccc([N+](=O)[O-])c(C(=O)N4CCCC4)c3)CC2)no1. The highest BCUT2D eigenvalue weighted by atomic mass is 16.6. The molecule has 0 aliphatic carbocycles. The van der Waals surface area contributed by atoms with Crippen molar-refractivity contribution < 1.29 is 19.0 Å². The molecule has 4 rings (SSSR count). The van der Waals surface area contributed by atoms with E-state index in [0.717, 1.165) is 18.5 Å². The molecule has 3 heterocycles. The van der Waals surface area contributed by atoms with Gasteiger partial charge >= 0.3 is 0 Å². The van der Waals surface area contributed by atoms with Crippen LogP contribution in [0.15, 0.2) is 28.8 Å². The molecule has 0 saturated carbocycles. The van der Waals surface area contributed by atoms with Crippen LogP contribution in [0.5, 0.6) is 0 Å². The summed E-state index contributed by atoms with van der Waals surface area (Å²) < 4.78 is 4.97. The molecule has 0 atom stereocenters. The number of aryl methyl sites for hydroxylation is 1. The van der Waals surface area contributed by atoms with Crippen molar-refractivity contribution >= 4 is 29.0 Å². The van der Waals surface area contributed by atoms with Crippen molar-refractivity contribution in [1.82, 2.24) is 10.1 Å². The minimum atomic E-state index is -0.505. The monoisotopic (exact) mass is 427 g/mol. The fourth-order valence-corrected chi connectivity index (χ4v) is 4.20. The number of nitro groups is 1. The van der Waals surface area contributed by atoms with Gasteiger partial charge < -0.3 is 19.6 Å². The lowest BCUT2D eigenvalue weighted by atomic mass is 9.95. The van der Waals surface area contributed by atoms with Crippen molar-refractivity contribution in [2.75, 3.05) is 36.4 Å². The van der Waals surface area contributed by atoms with Crippen LogP contribution in [0.1, 0.15) is 41.8 Å². The summed E-state index contributed by atoms with van der Waals surface area (Å²) in [5, 5.41) is 18.0. The quantitative estimate of drug-likeness (QED) is 0.575. The molecule has 1 aromatic heterocycles. The second-order valence-corrected chi connectivity index (χ2v) is 8.03. The first-order valence-electron chi connectivity index (χ1n) is 10.5. The van der Waals surface area contributed by atoms with Crippen LogP contribution in [0.3, 0.4) is 0 Å². The number of nitrogens with zero attached hydrogens (tertiary/aromatic N) is 4. The molecule has 2 amide bonds. The van der Waals surface area contributed by atoms with Gasteiger partial charge in [0.1, 0.15) is 11.3 Å². The normalized spacial score (nSPS) is 17.1. The van der Waals surface area contributed by atoms with Gasteiger partial charge in [0.05, 0.1) is 4.92 Å². The van der Waals surface area contributed by atoms with Crippen molar-refractivity contribution in [3.8, 4) is 0 Å². The third kappa shape index (κ3) is 4.52. The van der Waals surface area contributed by atoms with Crippen LogP contribution < -0.4 is 10.2 Å². The molecule has 2 fully saturated rings. The predicted molar refractivity (Wildman–Crippen MR) is 113 cm³/mol. The summed E-state index contributed by atoms with van der Waals surface area (Å²) >= 11 is 0. The van der Waals surface area contributed by atoms with E-state index >= 15 is 0 Å². The standard InChI is InChI=1S/C21H25N5O5/c1-14-12-19(23-31-14)22-20(27)15-6-10-24(11-7-15)16-4-5-18(26(29)30)17(13-16)21(28)25-8-2-3-9-25/h4-5,12-13,15H,2-3,6-11H2,1H3,(H,22,23,27). The molecule has 2 aliphatic heterocycles. The van der Waals surface area contributed by atoms with Gasteiger partial charge in [-0.15, -0.1) is 0 Å². The number of amides is 2. The van der Waals surface area contributed by atoms with Crippen molar-refractivity contribution in [2.45, 2.75) is 32.6 Å². The van der Waals surface area contributed by atoms with Gasteiger partial charge in [-0.25, -0.2) is 0 Å². The Balaban J connectivity index is 1.44. The van der Waals surface area contributed by atoms with Crippen LogP contribution in [0.2, 0.25) is 0 Å². The number of nitrogens with one attached hydrogen (secondary N) is 1. The zero-order valence-corrected chi connectivity index (χ0v) is 17.4. The second-order valence-electron chi connectivity index (χ2n) is 8.03. The molecule has 10 heteroatoms. The smallest absolute Gasteiger partial charge is 0.282 e. The highest BCUT2D eigenvalue weighted by molar-refractivity contribution is 5.99. The van der Waals surface area contributed by atoms with Crippen LogP contribution in [0.4, 0.5) is 17.2 Å². The first-order valence-corrected chi connectivity index (χ1v) is 10.5. The number of anilines is 2. The van der Waals surface area contributed by atoms with E-state index in [4.69, 9.17) is 4.52 Å². The van der Waals surface area contributed by atoms with E-state index in [2.05, 4.69) is 15.4 Å². The van der Waals surface area contributed by atoms with E-state index in [9.17, 15) is 19.7 Å². The molecule has 164 valence electrons. The molecule has 2 saturated heterocycles. The number of hydrogen-bond acceptors (Lipinski definition) is 7. The zero-order chi connectivity index (χ0) is 22.0. The number of carbonyl (C=O) groups is 2. The van der Waals surface area contributed by atoms with Gasteiger partial charge in [0.15, 0.2) is 5.82 Å². The fraction of sp³-hybridized carbons (Fsp3) is 0.476. The maximum atomic E-state index is 12.9. The van der Waals surface area contributed by atoms with Gasteiger partial charge in [-0.1, -0.05) is 5.16 Å². The Morgan fingerprint density at radius 2 is 1.87 bits per heavy atom. The highest BCUT2D eigenvalue weighted by Crippen LogP contribution is 2.30. The first-order chi connectivity index (χ1) is 14.9. The number of carbonyl (C=O) groups excluding carboxylic acids is 2. The highest BCUT2D eigenvalue weighted by Gasteiger charge is 2.30. The summed E-state index contributed by atoms with van der Waals surface area (Å²) in [7, 11) is 0. The molecular weight excluding hydrogens is 402 g/mol. The topological polar surface area (TPSA) is 122 Å². The summed E-state index contributed by atoms with van der Waals surface area (Å²) in [5.41, 5.74) is 0.725. The van der Waals surface area contributed by atoms with Crippen LogP contribution in [0, 0.1) is 23.0 Å². The first kappa shape index (κ1) is 20.8. The van der Waals surface area contributed by atoms with Crippen molar-refractivity contribution in [1.29, 1.82) is 0 Å². The van der Waals surface area contributed by atoms with E-state index in [1.807, 2.05) is 0 Å². The Labute approximate surface area is 179 Å². The average molecular weight is 427 g/mol. The van der Waals surface area contributed by atoms with E-state index in [1.54, 1.807) is 30.0 Å². The van der Waals surface area contributed by atoms with Crippen LogP contribution in [-0.2, 0) is 4.79 Å². The number of hydrogen-bond donors (Lipinski definition) is 1. The lowest BCUT2D eigenvalue weighted by Gasteiger charge is -2.33. The molecule has 10 nitrogen and oxygen atoms in total. The van der Waals surface area contributed by atoms with Gasteiger partial charge in [-0.05, 0) is 44.7 Å². The third-order valence-corrected chi connectivity index (χ3v) is 5.91. The minimum absolute atomic E-state index is 0.0958. The molecule has 31 heavy (non-hydrogen) atoms. The van der Waals surface area contributed by atoms with Gasteiger partial charge in [0, 0.05) is 49.9 Å². The van der Waals surface area contributed by atoms with Crippen molar-refractivity contribution in [3.05, 3.63) is 45.7 Å². The number of nitro benzene ring substituents is 1. The van der Waals surface area contributed by atoms with Gasteiger partial charge in [0.25, 0.3) is 11.6 Å². The van der Waals surface area contributed by atoms with E-state index < -0.39 is 4.92 Å². The van der Waals surface area contributed by atoms with Crippen molar-refractivity contribution in [2.24, 2.45) is 5.92 Å². The van der Waals surface area contributed by atoms with Crippen LogP contribution in [0.25, 0.3) is 0 Å². The van der Waals surface area contributed by atoms with E-state index in [-0.39, 0.29) is 29.0 Å². The lowest BCUT2D eigenvalue weighted by molar-refractivity contribution is -0.385. The Morgan fingerprint density at radius 3 is 2.48 bits per heavy atom. The maximum absolute atomic E-state index is 12.9. The fourth-order valence-electron chi connectivity index (χ4n) is 4.20. The molecule has 2 aromatic rings. The third-order valence-electron chi connectivity index (χ3n) is 5.91. The number of rotatable bonds is 5. The van der Waals surface area contributed by atoms with Gasteiger partial charge in [-0.2, -0.15) is 0 Å². The summed E-state index contributed by atoms with van der Waals surface area (Å²) in [6, 6.07) is 6.38. The summed E-state index contributed by atoms with van der Waals surface area (Å²) in [6.07, 6.45) is 3.11. The number of piperidine rings is 1. The summed E-state index contributed by atoms with van der Waals surface area (Å²) in [4.78, 5) is 40.1. The molecular formula is C21H25N5O5. The van der Waals surface area contributed by atoms with E-state index in [0.29, 0.717) is 50.6 Å². The number of likely N-dealkylation sites (tertiary alicyclic amines) is 1. The Bertz CT molecular complexity index is 990. The number of aromatic nitrogens is 1. The van der Waals surface area contributed by atoms with Crippen LogP contribution in [-0.4, -0.2) is 53.0 Å². The molecule has 1 aromatic carbocycles. The molecule has 0 spiro atoms. The molecule has 1 N–H and O–H groups in total. The number of benzene rings is 1. The Hall–Kier alpha value is -3.43. The summed E-state index contributed by atoms with van der Waals surface area (Å²) in [5.74, 6) is 0.495. The lowest BCUT2D eigenvalue weighted by Crippen LogP contribution is -2.38. The molecule has 2 aliphatic rings. The molecule has 0 radical (unpaired) electrons. The van der Waals surface area contributed by atoms with E-state index in [1.165, 1.54) is 6.07 Å². The van der Waals surface area contributed by atoms with Gasteiger partial charge in [-0.3, -0.25) is 19.7 Å². The summed E-state index contributed by atoms with van der Waals surface area (Å²) in [6.45, 7) is 4.25. The second kappa shape index (κ2) is 8.75. The zero-order valence-electron chi connectivity index (χ0n) is 17.4. The molecule has 0 unspecified atom stereocenters. The van der Waals surface area contributed by atoms with Crippen LogP contribution >= 0.6 is 0 Å². The maximum Gasteiger partial charge on any atom is 0.282 e. The minimum Gasteiger partial charge on any atom is -0.371 e. The largest absolute Gasteiger partial charge is 0.371 e. The average Bonchev–Trinajstić information content (AvgIpc) is 3.45. The Kier molecular flexibility index (Phi) is 5.88. The Morgan fingerprint density at radius 1 is 1.16 bits per heavy atom. The van der Waals surface area contributed by atoms with Crippen molar-refractivity contribution in [3.63, 3.8) is 0 Å². The predicted octanol–water partition coefficient (Wildman–Crippen LogP) is 2.98. The van der Waals surface area contributed by atoms with Gasteiger partial charge in [0.2, 0.25) is 5.91 Å².